The van der Waals surface area contributed by atoms with E-state index in [1.54, 1.807) is 0 Å². The molecule has 0 saturated carbocycles. The summed E-state index contributed by atoms with van der Waals surface area (Å²) in [7, 11) is 0. The van der Waals surface area contributed by atoms with Gasteiger partial charge in [-0.15, -0.1) is 0 Å². The van der Waals surface area contributed by atoms with E-state index in [1.807, 2.05) is 12.1 Å². The number of benzene rings is 1. The van der Waals surface area contributed by atoms with E-state index in [1.165, 1.54) is 17.8 Å². The van der Waals surface area contributed by atoms with Gasteiger partial charge in [0.2, 0.25) is 0 Å². The highest BCUT2D eigenvalue weighted by molar-refractivity contribution is 6.31. The van der Waals surface area contributed by atoms with Gasteiger partial charge in [0.15, 0.2) is 0 Å². The second kappa shape index (κ2) is 3.24. The molecule has 2 nitrogen and oxygen atoms in total. The number of rotatable bonds is 0. The average molecular weight is 221 g/mol. The molecular formula is C12H13ClN2. The molecule has 0 aliphatic carbocycles. The Kier molecular flexibility index (Phi) is 1.99. The fraction of sp³-hybridized carbons (Fsp3) is 0.417. The Morgan fingerprint density at radius 3 is 3.20 bits per heavy atom. The van der Waals surface area contributed by atoms with Crippen LogP contribution >= 0.6 is 11.6 Å². The minimum absolute atomic E-state index is 0.754. The summed E-state index contributed by atoms with van der Waals surface area (Å²) >= 11 is 5.96. The van der Waals surface area contributed by atoms with Gasteiger partial charge in [0.25, 0.3) is 0 Å². The summed E-state index contributed by atoms with van der Waals surface area (Å²) in [6.45, 7) is 3.38. The first kappa shape index (κ1) is 9.22. The molecule has 0 bridgehead atoms. The van der Waals surface area contributed by atoms with Gasteiger partial charge in [0.1, 0.15) is 5.82 Å². The molecule has 0 spiro atoms. The minimum atomic E-state index is 0.754. The summed E-state index contributed by atoms with van der Waals surface area (Å²) in [5.74, 6) is 1.97. The molecule has 0 amide bonds. The smallest absolute Gasteiger partial charge is 0.110 e. The van der Waals surface area contributed by atoms with E-state index in [-0.39, 0.29) is 0 Å². The second-order valence-electron chi connectivity index (χ2n) is 4.41. The van der Waals surface area contributed by atoms with Gasteiger partial charge in [-0.1, -0.05) is 18.5 Å². The van der Waals surface area contributed by atoms with Crippen molar-refractivity contribution in [2.45, 2.75) is 26.3 Å². The van der Waals surface area contributed by atoms with Gasteiger partial charge in [-0.3, -0.25) is 0 Å². The molecule has 0 N–H and O–H groups in total. The van der Waals surface area contributed by atoms with Crippen molar-refractivity contribution in [3.8, 4) is 0 Å². The SMILES string of the molecule is C[C@H]1CCn2c(nc3cc(Cl)ccc32)C1. The molecule has 0 radical (unpaired) electrons. The van der Waals surface area contributed by atoms with E-state index in [0.717, 1.165) is 29.4 Å². The summed E-state index contributed by atoms with van der Waals surface area (Å²) in [6.07, 6.45) is 2.34. The quantitative estimate of drug-likeness (QED) is 0.666. The number of halogens is 1. The summed E-state index contributed by atoms with van der Waals surface area (Å²) in [6, 6.07) is 5.97. The number of fused-ring (bicyclic) bond motifs is 3. The average Bonchev–Trinajstić information content (AvgIpc) is 2.53. The normalized spacial score (nSPS) is 20.5. The molecule has 0 saturated heterocycles. The Bertz CT molecular complexity index is 516. The van der Waals surface area contributed by atoms with Crippen molar-refractivity contribution in [2.24, 2.45) is 5.92 Å². The molecule has 3 heteroatoms. The standard InChI is InChI=1S/C12H13ClN2/c1-8-4-5-15-11-3-2-9(13)7-10(11)14-12(15)6-8/h2-3,7-8H,4-6H2,1H3/t8-/m0/s1. The predicted octanol–water partition coefficient (Wildman–Crippen LogP) is 3.27. The number of nitrogens with zero attached hydrogens (tertiary/aromatic N) is 2. The largest absolute Gasteiger partial charge is 0.328 e. The third kappa shape index (κ3) is 1.44. The highest BCUT2D eigenvalue weighted by Crippen LogP contribution is 2.26. The fourth-order valence-corrected chi connectivity index (χ4v) is 2.49. The lowest BCUT2D eigenvalue weighted by Crippen LogP contribution is -2.17. The zero-order valence-electron chi connectivity index (χ0n) is 8.70. The van der Waals surface area contributed by atoms with Gasteiger partial charge in [0, 0.05) is 18.0 Å². The Morgan fingerprint density at radius 1 is 1.47 bits per heavy atom. The van der Waals surface area contributed by atoms with E-state index < -0.39 is 0 Å². The molecule has 1 atom stereocenters. The van der Waals surface area contributed by atoms with Crippen LogP contribution in [0.15, 0.2) is 18.2 Å². The Hall–Kier alpha value is -1.02. The van der Waals surface area contributed by atoms with Crippen LogP contribution in [0.5, 0.6) is 0 Å². The fourth-order valence-electron chi connectivity index (χ4n) is 2.32. The van der Waals surface area contributed by atoms with Crippen LogP contribution in [0.25, 0.3) is 11.0 Å². The van der Waals surface area contributed by atoms with Crippen LogP contribution in [-0.2, 0) is 13.0 Å². The first-order valence-corrected chi connectivity index (χ1v) is 5.76. The summed E-state index contributed by atoms with van der Waals surface area (Å²) in [5, 5.41) is 0.769. The molecule has 2 aromatic rings. The molecule has 0 unspecified atom stereocenters. The predicted molar refractivity (Wildman–Crippen MR) is 62.2 cm³/mol. The van der Waals surface area contributed by atoms with Gasteiger partial charge in [0.05, 0.1) is 11.0 Å². The first-order valence-electron chi connectivity index (χ1n) is 5.39. The van der Waals surface area contributed by atoms with Gasteiger partial charge < -0.3 is 4.57 Å². The number of hydrogen-bond acceptors (Lipinski definition) is 1. The molecular weight excluding hydrogens is 208 g/mol. The highest BCUT2D eigenvalue weighted by atomic mass is 35.5. The molecule has 0 fully saturated rings. The maximum absolute atomic E-state index is 5.96. The number of hydrogen-bond donors (Lipinski definition) is 0. The van der Waals surface area contributed by atoms with Crippen molar-refractivity contribution in [1.82, 2.24) is 9.55 Å². The zero-order chi connectivity index (χ0) is 10.4. The number of aryl methyl sites for hydroxylation is 1. The van der Waals surface area contributed by atoms with E-state index >= 15 is 0 Å². The lowest BCUT2D eigenvalue weighted by molar-refractivity contribution is 0.415. The topological polar surface area (TPSA) is 17.8 Å². The van der Waals surface area contributed by atoms with Gasteiger partial charge in [-0.05, 0) is 30.5 Å². The zero-order valence-corrected chi connectivity index (χ0v) is 9.46. The molecule has 1 aliphatic rings. The molecule has 78 valence electrons. The highest BCUT2D eigenvalue weighted by Gasteiger charge is 2.18. The number of aromatic nitrogens is 2. The van der Waals surface area contributed by atoms with Crippen LogP contribution in [0.3, 0.4) is 0 Å². The van der Waals surface area contributed by atoms with E-state index in [4.69, 9.17) is 11.6 Å². The van der Waals surface area contributed by atoms with Crippen molar-refractivity contribution < 1.29 is 0 Å². The van der Waals surface area contributed by atoms with Crippen LogP contribution in [0.4, 0.5) is 0 Å². The van der Waals surface area contributed by atoms with E-state index in [2.05, 4.69) is 22.5 Å². The van der Waals surface area contributed by atoms with E-state index in [9.17, 15) is 0 Å². The summed E-state index contributed by atoms with van der Waals surface area (Å²) in [5.41, 5.74) is 2.26. The van der Waals surface area contributed by atoms with E-state index in [0.29, 0.717) is 0 Å². The summed E-state index contributed by atoms with van der Waals surface area (Å²) < 4.78 is 2.33. The van der Waals surface area contributed by atoms with Gasteiger partial charge in [-0.2, -0.15) is 0 Å². The van der Waals surface area contributed by atoms with Crippen LogP contribution in [0, 0.1) is 5.92 Å². The molecule has 3 rings (SSSR count). The third-order valence-corrected chi connectivity index (χ3v) is 3.40. The molecule has 15 heavy (non-hydrogen) atoms. The van der Waals surface area contributed by atoms with Crippen molar-refractivity contribution in [3.05, 3.63) is 29.0 Å². The van der Waals surface area contributed by atoms with Crippen molar-refractivity contribution in [1.29, 1.82) is 0 Å². The van der Waals surface area contributed by atoms with Crippen molar-refractivity contribution >= 4 is 22.6 Å². The monoisotopic (exact) mass is 220 g/mol. The van der Waals surface area contributed by atoms with Crippen LogP contribution in [-0.4, -0.2) is 9.55 Å². The molecule has 1 aliphatic heterocycles. The second-order valence-corrected chi connectivity index (χ2v) is 4.85. The third-order valence-electron chi connectivity index (χ3n) is 3.17. The molecule has 1 aromatic carbocycles. The van der Waals surface area contributed by atoms with Crippen molar-refractivity contribution in [3.63, 3.8) is 0 Å². The summed E-state index contributed by atoms with van der Waals surface area (Å²) in [4.78, 5) is 4.64. The molecule has 2 heterocycles. The van der Waals surface area contributed by atoms with Crippen LogP contribution in [0.2, 0.25) is 5.02 Å². The van der Waals surface area contributed by atoms with Crippen LogP contribution in [0.1, 0.15) is 19.2 Å². The maximum atomic E-state index is 5.96. The van der Waals surface area contributed by atoms with Crippen LogP contribution < -0.4 is 0 Å². The first-order chi connectivity index (χ1) is 7.24. The lowest BCUT2D eigenvalue weighted by atomic mass is 10.0. The molecule has 1 aromatic heterocycles. The lowest BCUT2D eigenvalue weighted by Gasteiger charge is -2.19. The maximum Gasteiger partial charge on any atom is 0.110 e. The van der Waals surface area contributed by atoms with Gasteiger partial charge in [-0.25, -0.2) is 4.98 Å². The Morgan fingerprint density at radius 2 is 2.33 bits per heavy atom. The number of imidazole rings is 1. The Balaban J connectivity index is 2.23. The van der Waals surface area contributed by atoms with Crippen molar-refractivity contribution in [2.75, 3.05) is 0 Å². The minimum Gasteiger partial charge on any atom is -0.328 e. The van der Waals surface area contributed by atoms with Gasteiger partial charge >= 0.3 is 0 Å². The Labute approximate surface area is 93.9 Å².